The van der Waals surface area contributed by atoms with Crippen LogP contribution in [0.5, 0.6) is 0 Å². The van der Waals surface area contributed by atoms with Gasteiger partial charge in [-0.2, -0.15) is 0 Å². The van der Waals surface area contributed by atoms with E-state index in [4.69, 9.17) is 0 Å². The zero-order chi connectivity index (χ0) is 10.5. The summed E-state index contributed by atoms with van der Waals surface area (Å²) in [5.74, 6) is 0.799. The van der Waals surface area contributed by atoms with Gasteiger partial charge < -0.3 is 5.32 Å². The highest BCUT2D eigenvalue weighted by molar-refractivity contribution is 5.15. The summed E-state index contributed by atoms with van der Waals surface area (Å²) in [7, 11) is 0. The van der Waals surface area contributed by atoms with Crippen LogP contribution in [0.3, 0.4) is 0 Å². The summed E-state index contributed by atoms with van der Waals surface area (Å²) in [6.45, 7) is 3.48. The van der Waals surface area contributed by atoms with Crippen LogP contribution in [0, 0.1) is 5.92 Å². The Bertz CT molecular complexity index is 277. The largest absolute Gasteiger partial charge is 0.314 e. The highest BCUT2D eigenvalue weighted by Gasteiger charge is 2.21. The van der Waals surface area contributed by atoms with Crippen molar-refractivity contribution < 1.29 is 0 Å². The monoisotopic (exact) mass is 203 g/mol. The lowest BCUT2D eigenvalue weighted by molar-refractivity contribution is 0.458. The molecular weight excluding hydrogens is 182 g/mol. The molecule has 0 bridgehead atoms. The van der Waals surface area contributed by atoms with Gasteiger partial charge in [0.25, 0.3) is 0 Å². The fourth-order valence-electron chi connectivity index (χ4n) is 1.93. The molecule has 1 saturated carbocycles. The lowest BCUT2D eigenvalue weighted by Gasteiger charge is -2.15. The van der Waals surface area contributed by atoms with Crippen molar-refractivity contribution in [3.05, 3.63) is 35.9 Å². The normalized spacial score (nSPS) is 17.7. The summed E-state index contributed by atoms with van der Waals surface area (Å²) in [4.78, 5) is 0. The van der Waals surface area contributed by atoms with Gasteiger partial charge in [-0.15, -0.1) is 0 Å². The summed E-state index contributed by atoms with van der Waals surface area (Å²) in [6.07, 6.45) is 5.27. The van der Waals surface area contributed by atoms with E-state index in [1.807, 2.05) is 0 Å². The zero-order valence-corrected chi connectivity index (χ0v) is 9.58. The SMILES string of the molecule is CCC(CNC1CC1)Cc1ccccc1. The molecule has 1 fully saturated rings. The van der Waals surface area contributed by atoms with E-state index >= 15 is 0 Å². The lowest BCUT2D eigenvalue weighted by atomic mass is 9.97. The van der Waals surface area contributed by atoms with Crippen LogP contribution >= 0.6 is 0 Å². The molecule has 0 radical (unpaired) electrons. The van der Waals surface area contributed by atoms with Crippen LogP contribution in [0.15, 0.2) is 30.3 Å². The Labute approximate surface area is 92.9 Å². The van der Waals surface area contributed by atoms with E-state index in [-0.39, 0.29) is 0 Å². The van der Waals surface area contributed by atoms with E-state index in [9.17, 15) is 0 Å². The predicted octanol–water partition coefficient (Wildman–Crippen LogP) is 3.01. The first-order valence-electron chi connectivity index (χ1n) is 6.15. The number of hydrogen-bond acceptors (Lipinski definition) is 1. The smallest absolute Gasteiger partial charge is 0.00683 e. The van der Waals surface area contributed by atoms with E-state index in [1.165, 1.54) is 37.8 Å². The molecule has 0 amide bonds. The second-order valence-electron chi connectivity index (χ2n) is 4.65. The van der Waals surface area contributed by atoms with E-state index in [0.29, 0.717) is 0 Å². The van der Waals surface area contributed by atoms with E-state index in [0.717, 1.165) is 12.0 Å². The molecule has 1 aromatic carbocycles. The third-order valence-electron chi connectivity index (χ3n) is 3.22. The van der Waals surface area contributed by atoms with Gasteiger partial charge in [0.15, 0.2) is 0 Å². The number of hydrogen-bond donors (Lipinski definition) is 1. The summed E-state index contributed by atoms with van der Waals surface area (Å²) in [6, 6.07) is 11.7. The van der Waals surface area contributed by atoms with Gasteiger partial charge >= 0.3 is 0 Å². The first kappa shape index (κ1) is 10.7. The average Bonchev–Trinajstić information content (AvgIpc) is 3.09. The van der Waals surface area contributed by atoms with Gasteiger partial charge in [-0.05, 0) is 37.3 Å². The van der Waals surface area contributed by atoms with Gasteiger partial charge in [0, 0.05) is 6.04 Å². The maximum atomic E-state index is 3.63. The molecule has 82 valence electrons. The minimum atomic E-state index is 0.799. The van der Waals surface area contributed by atoms with Crippen molar-refractivity contribution in [2.24, 2.45) is 5.92 Å². The summed E-state index contributed by atoms with van der Waals surface area (Å²) < 4.78 is 0. The number of benzene rings is 1. The van der Waals surface area contributed by atoms with Crippen LogP contribution in [-0.2, 0) is 6.42 Å². The van der Waals surface area contributed by atoms with Gasteiger partial charge in [-0.25, -0.2) is 0 Å². The molecule has 0 saturated heterocycles. The molecule has 15 heavy (non-hydrogen) atoms. The maximum Gasteiger partial charge on any atom is 0.00683 e. The van der Waals surface area contributed by atoms with Crippen LogP contribution in [0.25, 0.3) is 0 Å². The van der Waals surface area contributed by atoms with Crippen LogP contribution in [-0.4, -0.2) is 12.6 Å². The van der Waals surface area contributed by atoms with Crippen molar-refractivity contribution in [1.29, 1.82) is 0 Å². The molecular formula is C14H21N. The quantitative estimate of drug-likeness (QED) is 0.749. The van der Waals surface area contributed by atoms with Crippen molar-refractivity contribution in [3.8, 4) is 0 Å². The number of nitrogens with one attached hydrogen (secondary N) is 1. The Kier molecular flexibility index (Phi) is 3.79. The second-order valence-corrected chi connectivity index (χ2v) is 4.65. The Morgan fingerprint density at radius 2 is 2.00 bits per heavy atom. The molecule has 0 aromatic heterocycles. The van der Waals surface area contributed by atoms with Gasteiger partial charge in [-0.1, -0.05) is 43.7 Å². The van der Waals surface area contributed by atoms with Crippen LogP contribution in [0.4, 0.5) is 0 Å². The molecule has 1 aliphatic carbocycles. The fourth-order valence-corrected chi connectivity index (χ4v) is 1.93. The topological polar surface area (TPSA) is 12.0 Å². The first-order valence-corrected chi connectivity index (χ1v) is 6.15. The van der Waals surface area contributed by atoms with Crippen molar-refractivity contribution in [2.45, 2.75) is 38.6 Å². The first-order chi connectivity index (χ1) is 7.38. The average molecular weight is 203 g/mol. The Hall–Kier alpha value is -0.820. The molecule has 1 aliphatic rings. The highest BCUT2D eigenvalue weighted by atomic mass is 14.9. The van der Waals surface area contributed by atoms with Crippen molar-refractivity contribution in [3.63, 3.8) is 0 Å². The lowest BCUT2D eigenvalue weighted by Crippen LogP contribution is -2.25. The minimum Gasteiger partial charge on any atom is -0.314 e. The summed E-state index contributed by atoms with van der Waals surface area (Å²) in [5.41, 5.74) is 1.47. The van der Waals surface area contributed by atoms with Crippen molar-refractivity contribution in [2.75, 3.05) is 6.54 Å². The Balaban J connectivity index is 1.78. The van der Waals surface area contributed by atoms with Crippen LogP contribution in [0.2, 0.25) is 0 Å². The van der Waals surface area contributed by atoms with Crippen LogP contribution < -0.4 is 5.32 Å². The third-order valence-corrected chi connectivity index (χ3v) is 3.22. The van der Waals surface area contributed by atoms with Gasteiger partial charge in [0.2, 0.25) is 0 Å². The maximum absolute atomic E-state index is 3.63. The molecule has 1 heteroatoms. The molecule has 1 unspecified atom stereocenters. The van der Waals surface area contributed by atoms with E-state index < -0.39 is 0 Å². The Morgan fingerprint density at radius 3 is 2.60 bits per heavy atom. The predicted molar refractivity (Wildman–Crippen MR) is 65.0 cm³/mol. The molecule has 1 aromatic rings. The molecule has 0 heterocycles. The zero-order valence-electron chi connectivity index (χ0n) is 9.58. The second kappa shape index (κ2) is 5.32. The molecule has 1 N–H and O–H groups in total. The number of rotatable bonds is 6. The molecule has 0 aliphatic heterocycles. The van der Waals surface area contributed by atoms with Gasteiger partial charge in [0.1, 0.15) is 0 Å². The Morgan fingerprint density at radius 1 is 1.27 bits per heavy atom. The van der Waals surface area contributed by atoms with Crippen LogP contribution in [0.1, 0.15) is 31.7 Å². The summed E-state index contributed by atoms with van der Waals surface area (Å²) >= 11 is 0. The minimum absolute atomic E-state index is 0.799. The molecule has 1 nitrogen and oxygen atoms in total. The summed E-state index contributed by atoms with van der Waals surface area (Å²) in [5, 5.41) is 3.63. The van der Waals surface area contributed by atoms with Crippen molar-refractivity contribution in [1.82, 2.24) is 5.32 Å². The van der Waals surface area contributed by atoms with E-state index in [1.54, 1.807) is 0 Å². The van der Waals surface area contributed by atoms with E-state index in [2.05, 4.69) is 42.6 Å². The van der Waals surface area contributed by atoms with Gasteiger partial charge in [-0.3, -0.25) is 0 Å². The molecule has 0 spiro atoms. The molecule has 1 atom stereocenters. The highest BCUT2D eigenvalue weighted by Crippen LogP contribution is 2.20. The third kappa shape index (κ3) is 3.67. The van der Waals surface area contributed by atoms with Crippen molar-refractivity contribution >= 4 is 0 Å². The standard InChI is InChI=1S/C14H21N/c1-2-12(11-15-14-8-9-14)10-13-6-4-3-5-7-13/h3-7,12,14-15H,2,8-11H2,1H3. The van der Waals surface area contributed by atoms with Gasteiger partial charge in [0.05, 0.1) is 0 Å². The molecule has 2 rings (SSSR count). The fraction of sp³-hybridized carbons (Fsp3) is 0.571.